The molecule has 4 rings (SSSR count). The zero-order valence-corrected chi connectivity index (χ0v) is 18.9. The molecule has 0 radical (unpaired) electrons. The molecule has 0 aliphatic carbocycles. The Morgan fingerprint density at radius 2 is 1.58 bits per heavy atom. The van der Waals surface area contributed by atoms with Gasteiger partial charge in [0.05, 0.1) is 4.88 Å². The van der Waals surface area contributed by atoms with E-state index >= 15 is 0 Å². The van der Waals surface area contributed by atoms with Gasteiger partial charge in [0, 0.05) is 38.3 Å². The fraction of sp³-hybridized carbons (Fsp3) is 0.458. The molecule has 164 valence electrons. The van der Waals surface area contributed by atoms with E-state index in [1.54, 1.807) is 4.90 Å². The smallest absolute Gasteiger partial charge is 0.264 e. The summed E-state index contributed by atoms with van der Waals surface area (Å²) in [5.41, 5.74) is 1.90. The van der Waals surface area contributed by atoms with Crippen molar-refractivity contribution in [3.8, 4) is 0 Å². The Labute approximate surface area is 187 Å². The number of thiophene rings is 1. The number of carbonyl (C=O) groups excluding carboxylic acids is 3. The average Bonchev–Trinajstić information content (AvgIpc) is 3.50. The summed E-state index contributed by atoms with van der Waals surface area (Å²) in [6.07, 6.45) is 1.55. The Kier molecular flexibility index (Phi) is 6.41. The van der Waals surface area contributed by atoms with E-state index in [0.717, 1.165) is 6.42 Å². The SMILES string of the molecule is CC(C)c1ccc(C(=O)N2CCN(C(=O)[C@@H]3CCCN3C(=O)c3cccs3)CC2)cc1. The lowest BCUT2D eigenvalue weighted by molar-refractivity contribution is -0.136. The molecule has 2 saturated heterocycles. The summed E-state index contributed by atoms with van der Waals surface area (Å²) >= 11 is 1.41. The molecule has 0 spiro atoms. The molecule has 2 fully saturated rings. The average molecular weight is 440 g/mol. The number of carbonyl (C=O) groups is 3. The molecule has 0 bridgehead atoms. The lowest BCUT2D eigenvalue weighted by Gasteiger charge is -2.37. The molecule has 1 aromatic heterocycles. The molecule has 3 amide bonds. The molecule has 1 atom stereocenters. The molecular weight excluding hydrogens is 410 g/mol. The fourth-order valence-corrected chi connectivity index (χ4v) is 5.02. The standard InChI is InChI=1S/C24H29N3O3S/c1-17(2)18-7-9-19(10-8-18)22(28)25-12-14-26(15-13-25)23(29)20-5-3-11-27(20)24(30)21-6-4-16-31-21/h4,6-10,16-17,20H,3,5,11-15H2,1-2H3/t20-/m0/s1. The summed E-state index contributed by atoms with van der Waals surface area (Å²) < 4.78 is 0. The second kappa shape index (κ2) is 9.22. The normalized spacial score (nSPS) is 19.2. The number of nitrogens with zero attached hydrogens (tertiary/aromatic N) is 3. The van der Waals surface area contributed by atoms with Crippen molar-refractivity contribution in [1.29, 1.82) is 0 Å². The molecular formula is C24H29N3O3S. The number of likely N-dealkylation sites (tertiary alicyclic amines) is 1. The van der Waals surface area contributed by atoms with Gasteiger partial charge in [-0.1, -0.05) is 32.0 Å². The predicted molar refractivity (Wildman–Crippen MR) is 121 cm³/mol. The van der Waals surface area contributed by atoms with Crippen LogP contribution < -0.4 is 0 Å². The zero-order chi connectivity index (χ0) is 22.0. The van der Waals surface area contributed by atoms with E-state index in [1.165, 1.54) is 16.9 Å². The first-order valence-corrected chi connectivity index (χ1v) is 11.9. The van der Waals surface area contributed by atoms with Crippen LogP contribution in [0.5, 0.6) is 0 Å². The number of rotatable bonds is 4. The van der Waals surface area contributed by atoms with Gasteiger partial charge in [-0.05, 0) is 47.9 Å². The second-order valence-electron chi connectivity index (χ2n) is 8.53. The van der Waals surface area contributed by atoms with Gasteiger partial charge in [-0.15, -0.1) is 11.3 Å². The summed E-state index contributed by atoms with van der Waals surface area (Å²) in [6.45, 7) is 6.93. The van der Waals surface area contributed by atoms with Crippen molar-refractivity contribution < 1.29 is 14.4 Å². The van der Waals surface area contributed by atoms with Gasteiger partial charge in [-0.25, -0.2) is 0 Å². The van der Waals surface area contributed by atoms with Crippen molar-refractivity contribution in [1.82, 2.24) is 14.7 Å². The highest BCUT2D eigenvalue weighted by molar-refractivity contribution is 7.12. The van der Waals surface area contributed by atoms with Crippen molar-refractivity contribution in [3.05, 3.63) is 57.8 Å². The van der Waals surface area contributed by atoms with E-state index < -0.39 is 0 Å². The number of amides is 3. The first kappa shape index (κ1) is 21.6. The summed E-state index contributed by atoms with van der Waals surface area (Å²) in [6, 6.07) is 11.1. The Hall–Kier alpha value is -2.67. The van der Waals surface area contributed by atoms with E-state index in [-0.39, 0.29) is 23.8 Å². The number of hydrogen-bond donors (Lipinski definition) is 0. The van der Waals surface area contributed by atoms with Crippen LogP contribution in [-0.2, 0) is 4.79 Å². The lowest BCUT2D eigenvalue weighted by atomic mass is 10.0. The van der Waals surface area contributed by atoms with Gasteiger partial charge >= 0.3 is 0 Å². The van der Waals surface area contributed by atoms with Gasteiger partial charge in [0.1, 0.15) is 6.04 Å². The summed E-state index contributed by atoms with van der Waals surface area (Å²) in [4.78, 5) is 44.8. The zero-order valence-electron chi connectivity index (χ0n) is 18.1. The predicted octanol–water partition coefficient (Wildman–Crippen LogP) is 3.46. The van der Waals surface area contributed by atoms with Gasteiger partial charge in [0.2, 0.25) is 5.91 Å². The summed E-state index contributed by atoms with van der Waals surface area (Å²) in [5.74, 6) is 0.402. The largest absolute Gasteiger partial charge is 0.337 e. The van der Waals surface area contributed by atoms with Crippen molar-refractivity contribution in [2.75, 3.05) is 32.7 Å². The number of piperazine rings is 1. The number of benzene rings is 1. The minimum atomic E-state index is -0.388. The minimum absolute atomic E-state index is 0.00999. The van der Waals surface area contributed by atoms with Crippen molar-refractivity contribution in [2.24, 2.45) is 0 Å². The van der Waals surface area contributed by atoms with Crippen molar-refractivity contribution >= 4 is 29.1 Å². The van der Waals surface area contributed by atoms with E-state index in [9.17, 15) is 14.4 Å². The summed E-state index contributed by atoms with van der Waals surface area (Å²) in [7, 11) is 0. The molecule has 0 unspecified atom stereocenters. The quantitative estimate of drug-likeness (QED) is 0.733. The third-order valence-electron chi connectivity index (χ3n) is 6.23. The van der Waals surface area contributed by atoms with Gasteiger partial charge in [-0.2, -0.15) is 0 Å². The first-order chi connectivity index (χ1) is 15.0. The molecule has 2 aliphatic rings. The maximum absolute atomic E-state index is 13.2. The molecule has 7 heteroatoms. The molecule has 0 N–H and O–H groups in total. The third-order valence-corrected chi connectivity index (χ3v) is 7.09. The van der Waals surface area contributed by atoms with E-state index in [1.807, 2.05) is 51.6 Å². The highest BCUT2D eigenvalue weighted by atomic mass is 32.1. The van der Waals surface area contributed by atoms with Gasteiger partial charge in [0.25, 0.3) is 11.8 Å². The van der Waals surface area contributed by atoms with Crippen LogP contribution in [0.25, 0.3) is 0 Å². The minimum Gasteiger partial charge on any atom is -0.337 e. The van der Waals surface area contributed by atoms with E-state index in [0.29, 0.717) is 55.5 Å². The Balaban J connectivity index is 1.35. The van der Waals surface area contributed by atoms with Crippen LogP contribution in [0.2, 0.25) is 0 Å². The van der Waals surface area contributed by atoms with Crippen LogP contribution >= 0.6 is 11.3 Å². The fourth-order valence-electron chi connectivity index (χ4n) is 4.34. The highest BCUT2D eigenvalue weighted by Gasteiger charge is 2.38. The molecule has 2 aliphatic heterocycles. The van der Waals surface area contributed by atoms with Gasteiger partial charge in [0.15, 0.2) is 0 Å². The van der Waals surface area contributed by atoms with E-state index in [4.69, 9.17) is 0 Å². The second-order valence-corrected chi connectivity index (χ2v) is 9.48. The lowest BCUT2D eigenvalue weighted by Crippen LogP contribution is -2.55. The topological polar surface area (TPSA) is 60.9 Å². The Morgan fingerprint density at radius 1 is 0.903 bits per heavy atom. The Bertz CT molecular complexity index is 931. The van der Waals surface area contributed by atoms with Crippen LogP contribution in [0.1, 0.15) is 58.2 Å². The summed E-state index contributed by atoms with van der Waals surface area (Å²) in [5, 5.41) is 1.88. The van der Waals surface area contributed by atoms with Crippen LogP contribution in [0, 0.1) is 0 Å². The van der Waals surface area contributed by atoms with E-state index in [2.05, 4.69) is 13.8 Å². The monoisotopic (exact) mass is 439 g/mol. The Morgan fingerprint density at radius 3 is 2.19 bits per heavy atom. The first-order valence-electron chi connectivity index (χ1n) is 11.0. The van der Waals surface area contributed by atoms with Crippen molar-refractivity contribution in [3.63, 3.8) is 0 Å². The van der Waals surface area contributed by atoms with Gasteiger partial charge < -0.3 is 14.7 Å². The van der Waals surface area contributed by atoms with Crippen LogP contribution in [0.15, 0.2) is 41.8 Å². The molecule has 6 nitrogen and oxygen atoms in total. The third kappa shape index (κ3) is 4.51. The van der Waals surface area contributed by atoms with Crippen LogP contribution in [0.4, 0.5) is 0 Å². The van der Waals surface area contributed by atoms with Crippen molar-refractivity contribution in [2.45, 2.75) is 38.6 Å². The van der Waals surface area contributed by atoms with Crippen LogP contribution in [0.3, 0.4) is 0 Å². The molecule has 3 heterocycles. The molecule has 2 aromatic rings. The van der Waals surface area contributed by atoms with Gasteiger partial charge in [-0.3, -0.25) is 14.4 Å². The maximum atomic E-state index is 13.2. The molecule has 1 aromatic carbocycles. The van der Waals surface area contributed by atoms with Crippen LogP contribution in [-0.4, -0.2) is 71.2 Å². The molecule has 31 heavy (non-hydrogen) atoms. The highest BCUT2D eigenvalue weighted by Crippen LogP contribution is 2.24. The molecule has 0 saturated carbocycles. The maximum Gasteiger partial charge on any atom is 0.264 e. The number of hydrogen-bond acceptors (Lipinski definition) is 4.